The van der Waals surface area contributed by atoms with E-state index in [0.29, 0.717) is 6.54 Å². The first-order chi connectivity index (χ1) is 6.74. The van der Waals surface area contributed by atoms with Crippen LogP contribution in [-0.4, -0.2) is 11.1 Å². The summed E-state index contributed by atoms with van der Waals surface area (Å²) < 4.78 is 2.12. The van der Waals surface area contributed by atoms with Crippen LogP contribution >= 0.6 is 11.6 Å². The molecule has 0 bridgehead atoms. The van der Waals surface area contributed by atoms with Crippen LogP contribution in [0.15, 0.2) is 30.5 Å². The normalized spacial score (nSPS) is 13.4. The van der Waals surface area contributed by atoms with E-state index >= 15 is 0 Å². The molecule has 14 heavy (non-hydrogen) atoms. The number of fused-ring (bicyclic) bond motifs is 1. The summed E-state index contributed by atoms with van der Waals surface area (Å²) in [4.78, 5) is 0. The van der Waals surface area contributed by atoms with E-state index in [1.54, 1.807) is 0 Å². The Morgan fingerprint density at radius 1 is 1.43 bits per heavy atom. The third-order valence-corrected chi connectivity index (χ3v) is 2.81. The number of hydrogen-bond donors (Lipinski definition) is 1. The highest BCUT2D eigenvalue weighted by Crippen LogP contribution is 2.27. The van der Waals surface area contributed by atoms with Crippen molar-refractivity contribution in [3.05, 3.63) is 35.5 Å². The highest BCUT2D eigenvalue weighted by molar-refractivity contribution is 6.35. The maximum absolute atomic E-state index is 6.12. The Balaban J connectivity index is 2.66. The maximum Gasteiger partial charge on any atom is 0.0661 e. The lowest BCUT2D eigenvalue weighted by molar-refractivity contribution is 0.577. The molecule has 0 aliphatic carbocycles. The molecule has 1 aromatic carbocycles. The molecule has 74 valence electrons. The van der Waals surface area contributed by atoms with Crippen molar-refractivity contribution in [1.29, 1.82) is 0 Å². The summed E-state index contributed by atoms with van der Waals surface area (Å²) in [7, 11) is 0. The number of halogens is 1. The molecule has 3 heteroatoms. The lowest BCUT2D eigenvalue weighted by Gasteiger charge is -2.11. The third-order valence-electron chi connectivity index (χ3n) is 2.51. The van der Waals surface area contributed by atoms with Gasteiger partial charge in [-0.2, -0.15) is 0 Å². The van der Waals surface area contributed by atoms with E-state index in [9.17, 15) is 0 Å². The summed E-state index contributed by atoms with van der Waals surface area (Å²) in [6, 6.07) is 8.38. The average Bonchev–Trinajstić information content (AvgIpc) is 2.56. The fourth-order valence-corrected chi connectivity index (χ4v) is 1.91. The minimum absolute atomic E-state index is 0.285. The highest BCUT2D eigenvalue weighted by Gasteiger charge is 2.09. The Morgan fingerprint density at radius 2 is 2.14 bits per heavy atom. The van der Waals surface area contributed by atoms with Crippen LogP contribution in [0.1, 0.15) is 13.0 Å². The molecular formula is C11H13ClN2. The van der Waals surface area contributed by atoms with Gasteiger partial charge in [-0.3, -0.25) is 0 Å². The molecule has 2 rings (SSSR count). The second kappa shape index (κ2) is 3.64. The number of aromatic nitrogens is 1. The molecule has 1 aromatic heterocycles. The zero-order chi connectivity index (χ0) is 10.1. The van der Waals surface area contributed by atoms with E-state index in [4.69, 9.17) is 17.3 Å². The van der Waals surface area contributed by atoms with Gasteiger partial charge in [0.25, 0.3) is 0 Å². The van der Waals surface area contributed by atoms with Crippen molar-refractivity contribution < 1.29 is 0 Å². The van der Waals surface area contributed by atoms with Crippen molar-refractivity contribution >= 4 is 22.5 Å². The summed E-state index contributed by atoms with van der Waals surface area (Å²) in [5.74, 6) is 0. The largest absolute Gasteiger partial charge is 0.342 e. The Hall–Kier alpha value is -0.990. The SMILES string of the molecule is CC(CN)n1cc(Cl)c2ccccc21. The topological polar surface area (TPSA) is 30.9 Å². The van der Waals surface area contributed by atoms with Gasteiger partial charge in [-0.05, 0) is 13.0 Å². The first-order valence-electron chi connectivity index (χ1n) is 4.69. The van der Waals surface area contributed by atoms with Gasteiger partial charge < -0.3 is 10.3 Å². The fraction of sp³-hybridized carbons (Fsp3) is 0.273. The smallest absolute Gasteiger partial charge is 0.0661 e. The fourth-order valence-electron chi connectivity index (χ4n) is 1.64. The first-order valence-corrected chi connectivity index (χ1v) is 5.07. The van der Waals surface area contributed by atoms with Gasteiger partial charge in [0.1, 0.15) is 0 Å². The van der Waals surface area contributed by atoms with Crippen molar-refractivity contribution in [2.75, 3.05) is 6.54 Å². The van der Waals surface area contributed by atoms with E-state index in [0.717, 1.165) is 15.9 Å². The van der Waals surface area contributed by atoms with Crippen molar-refractivity contribution in [2.45, 2.75) is 13.0 Å². The van der Waals surface area contributed by atoms with Crippen LogP contribution in [0.4, 0.5) is 0 Å². The monoisotopic (exact) mass is 208 g/mol. The highest BCUT2D eigenvalue weighted by atomic mass is 35.5. The Labute approximate surface area is 88.3 Å². The second-order valence-corrected chi connectivity index (χ2v) is 3.89. The molecule has 0 saturated carbocycles. The summed E-state index contributed by atoms with van der Waals surface area (Å²) in [6.07, 6.45) is 1.95. The number of rotatable bonds is 2. The van der Waals surface area contributed by atoms with Crippen LogP contribution in [0, 0.1) is 0 Å². The molecule has 0 saturated heterocycles. The molecule has 0 fully saturated rings. The molecule has 0 spiro atoms. The molecule has 0 radical (unpaired) electrons. The van der Waals surface area contributed by atoms with Crippen molar-refractivity contribution in [3.63, 3.8) is 0 Å². The van der Waals surface area contributed by atoms with Crippen LogP contribution in [0.3, 0.4) is 0 Å². The zero-order valence-corrected chi connectivity index (χ0v) is 8.83. The Bertz CT molecular complexity index is 447. The van der Waals surface area contributed by atoms with Crippen LogP contribution in [0.25, 0.3) is 10.9 Å². The molecule has 2 aromatic rings. The summed E-state index contributed by atoms with van der Waals surface area (Å²) in [6.45, 7) is 2.71. The van der Waals surface area contributed by atoms with Gasteiger partial charge in [-0.1, -0.05) is 29.8 Å². The van der Waals surface area contributed by atoms with Crippen LogP contribution in [0.2, 0.25) is 5.02 Å². The van der Waals surface area contributed by atoms with Crippen molar-refractivity contribution in [1.82, 2.24) is 4.57 Å². The molecule has 1 unspecified atom stereocenters. The molecule has 0 aliphatic rings. The van der Waals surface area contributed by atoms with E-state index in [1.807, 2.05) is 24.4 Å². The number of nitrogens with two attached hydrogens (primary N) is 1. The number of nitrogens with zero attached hydrogens (tertiary/aromatic N) is 1. The molecule has 2 N–H and O–H groups in total. The quantitative estimate of drug-likeness (QED) is 0.809. The van der Waals surface area contributed by atoms with E-state index in [2.05, 4.69) is 17.6 Å². The molecule has 1 heterocycles. The van der Waals surface area contributed by atoms with Gasteiger partial charge in [0.2, 0.25) is 0 Å². The van der Waals surface area contributed by atoms with Gasteiger partial charge in [0, 0.05) is 29.7 Å². The molecule has 1 atom stereocenters. The van der Waals surface area contributed by atoms with Crippen LogP contribution < -0.4 is 5.73 Å². The Kier molecular flexibility index (Phi) is 2.48. The van der Waals surface area contributed by atoms with Crippen LogP contribution in [-0.2, 0) is 0 Å². The van der Waals surface area contributed by atoms with Gasteiger partial charge in [0.15, 0.2) is 0 Å². The summed E-state index contributed by atoms with van der Waals surface area (Å²) >= 11 is 6.12. The van der Waals surface area contributed by atoms with E-state index < -0.39 is 0 Å². The lowest BCUT2D eigenvalue weighted by Crippen LogP contribution is -2.14. The lowest BCUT2D eigenvalue weighted by atomic mass is 10.2. The number of benzene rings is 1. The first kappa shape index (κ1) is 9.56. The van der Waals surface area contributed by atoms with Crippen LogP contribution in [0.5, 0.6) is 0 Å². The molecular weight excluding hydrogens is 196 g/mol. The molecule has 0 aliphatic heterocycles. The average molecular weight is 209 g/mol. The minimum atomic E-state index is 0.285. The summed E-state index contributed by atoms with van der Waals surface area (Å²) in [5.41, 5.74) is 6.79. The zero-order valence-electron chi connectivity index (χ0n) is 8.07. The van der Waals surface area contributed by atoms with E-state index in [-0.39, 0.29) is 6.04 Å². The maximum atomic E-state index is 6.12. The van der Waals surface area contributed by atoms with Gasteiger partial charge in [-0.15, -0.1) is 0 Å². The van der Waals surface area contributed by atoms with Gasteiger partial charge in [0.05, 0.1) is 5.02 Å². The Morgan fingerprint density at radius 3 is 2.86 bits per heavy atom. The third kappa shape index (κ3) is 1.41. The predicted molar refractivity (Wildman–Crippen MR) is 60.7 cm³/mol. The molecule has 2 nitrogen and oxygen atoms in total. The van der Waals surface area contributed by atoms with Crippen molar-refractivity contribution in [2.24, 2.45) is 5.73 Å². The predicted octanol–water partition coefficient (Wildman–Crippen LogP) is 2.81. The summed E-state index contributed by atoms with van der Waals surface area (Å²) in [5, 5.41) is 1.88. The standard InChI is InChI=1S/C11H13ClN2/c1-8(6-13)14-7-10(12)9-4-2-3-5-11(9)14/h2-5,7-8H,6,13H2,1H3. The van der Waals surface area contributed by atoms with Gasteiger partial charge >= 0.3 is 0 Å². The number of hydrogen-bond acceptors (Lipinski definition) is 1. The second-order valence-electron chi connectivity index (χ2n) is 3.49. The van der Waals surface area contributed by atoms with Crippen molar-refractivity contribution in [3.8, 4) is 0 Å². The minimum Gasteiger partial charge on any atom is -0.342 e. The number of para-hydroxylation sites is 1. The van der Waals surface area contributed by atoms with E-state index in [1.165, 1.54) is 0 Å². The van der Waals surface area contributed by atoms with Gasteiger partial charge in [-0.25, -0.2) is 0 Å². The molecule has 0 amide bonds.